The molecule has 55 heavy (non-hydrogen) atoms. The highest BCUT2D eigenvalue weighted by molar-refractivity contribution is 14.1. The largest absolute Gasteiger partial charge is 0.383 e. The Balaban J connectivity index is 0.000000127. The Bertz CT molecular complexity index is 2530. The molecule has 272 valence electrons. The number of nitrogen functional groups attached to an aromatic ring is 3. The zero-order valence-electron chi connectivity index (χ0n) is 27.9. The van der Waals surface area contributed by atoms with E-state index in [4.69, 9.17) is 34.1 Å². The number of nitrogens with two attached hydrogens (primary N) is 3. The number of nitriles is 1. The minimum absolute atomic E-state index is 0.0912. The number of nitrogens with zero attached hydrogens (tertiary/aromatic N) is 19. The summed E-state index contributed by atoms with van der Waals surface area (Å²) in [6.45, 7) is 0. The number of aromatic nitrogens is 18. The lowest BCUT2D eigenvalue weighted by molar-refractivity contribution is 0.772. The van der Waals surface area contributed by atoms with Gasteiger partial charge in [-0.3, -0.25) is 0 Å². The second-order valence-corrected chi connectivity index (χ2v) is 12.0. The molecule has 0 unspecified atom stereocenters. The summed E-state index contributed by atoms with van der Waals surface area (Å²) < 4.78 is 9.90. The van der Waals surface area contributed by atoms with Crippen molar-refractivity contribution in [3.8, 4) is 41.4 Å². The Labute approximate surface area is 327 Å². The minimum Gasteiger partial charge on any atom is -0.383 e. The molecule has 0 bridgehead atoms. The lowest BCUT2D eigenvalue weighted by Crippen LogP contribution is -2.12. The highest BCUT2D eigenvalue weighted by Crippen LogP contribution is 2.24. The fraction of sp³-hybridized carbons (Fsp3) is 0. The van der Waals surface area contributed by atoms with Gasteiger partial charge < -0.3 is 17.2 Å². The molecule has 0 spiro atoms. The number of anilines is 3. The van der Waals surface area contributed by atoms with Gasteiger partial charge in [-0.05, 0) is 59.0 Å². The molecule has 9 rings (SSSR count). The molecule has 0 saturated heterocycles. The number of rotatable bonds is 6. The average Bonchev–Trinajstić information content (AvgIpc) is 4.05. The first-order valence-electron chi connectivity index (χ1n) is 15.5. The number of hydrogen-bond donors (Lipinski definition) is 3. The van der Waals surface area contributed by atoms with Crippen molar-refractivity contribution in [3.63, 3.8) is 0 Å². The van der Waals surface area contributed by atoms with Gasteiger partial charge in [0.25, 0.3) is 17.8 Å². The lowest BCUT2D eigenvalue weighted by Gasteiger charge is -2.08. The molecule has 0 aliphatic carbocycles. The normalized spacial score (nSPS) is 10.6. The lowest BCUT2D eigenvalue weighted by atomic mass is 10.3. The van der Waals surface area contributed by atoms with Crippen LogP contribution >= 0.6 is 34.2 Å². The fourth-order valence-corrected chi connectivity index (χ4v) is 5.22. The van der Waals surface area contributed by atoms with Crippen LogP contribution in [0.1, 0.15) is 5.56 Å². The maximum Gasteiger partial charge on any atom is 0.254 e. The zero-order valence-corrected chi connectivity index (χ0v) is 30.8. The molecule has 9 aromatic heterocycles. The van der Waals surface area contributed by atoms with E-state index in [2.05, 4.69) is 83.1 Å². The molecular formula is C31H24ClIN22. The van der Waals surface area contributed by atoms with Crippen LogP contribution in [0.4, 0.5) is 17.5 Å². The van der Waals surface area contributed by atoms with Crippen LogP contribution in [0.5, 0.6) is 0 Å². The first-order chi connectivity index (χ1) is 26.8. The Morgan fingerprint density at radius 3 is 1.24 bits per heavy atom. The molecule has 24 heteroatoms. The van der Waals surface area contributed by atoms with Crippen LogP contribution in [0.2, 0.25) is 5.02 Å². The van der Waals surface area contributed by atoms with Crippen LogP contribution in [-0.4, -0.2) is 88.6 Å². The fourth-order valence-electron chi connectivity index (χ4n) is 4.56. The van der Waals surface area contributed by atoms with Gasteiger partial charge in [-0.15, -0.1) is 0 Å². The molecule has 22 nitrogen and oxygen atoms in total. The molecule has 0 saturated carbocycles. The van der Waals surface area contributed by atoms with E-state index >= 15 is 0 Å². The van der Waals surface area contributed by atoms with E-state index in [1.807, 2.05) is 12.1 Å². The molecule has 6 N–H and O–H groups in total. The molecule has 0 amide bonds. The van der Waals surface area contributed by atoms with Crippen LogP contribution in [-0.2, 0) is 0 Å². The van der Waals surface area contributed by atoms with Crippen LogP contribution in [0, 0.1) is 14.9 Å². The van der Waals surface area contributed by atoms with Gasteiger partial charge in [-0.1, -0.05) is 11.6 Å². The quantitative estimate of drug-likeness (QED) is 0.202. The van der Waals surface area contributed by atoms with Crippen LogP contribution < -0.4 is 17.2 Å². The van der Waals surface area contributed by atoms with Gasteiger partial charge in [0.1, 0.15) is 37.7 Å². The smallest absolute Gasteiger partial charge is 0.254 e. The third-order valence-corrected chi connectivity index (χ3v) is 8.40. The van der Waals surface area contributed by atoms with Crippen molar-refractivity contribution in [1.82, 2.24) is 88.6 Å². The molecule has 0 aliphatic rings. The highest BCUT2D eigenvalue weighted by Gasteiger charge is 2.17. The number of hydrogen-bond acceptors (Lipinski definition) is 16. The minimum atomic E-state index is 0.0912. The van der Waals surface area contributed by atoms with Gasteiger partial charge in [0, 0.05) is 74.4 Å². The van der Waals surface area contributed by atoms with Gasteiger partial charge in [-0.2, -0.15) is 65.8 Å². The van der Waals surface area contributed by atoms with Crippen LogP contribution in [0.3, 0.4) is 0 Å². The van der Waals surface area contributed by atoms with Gasteiger partial charge >= 0.3 is 0 Å². The monoisotopic (exact) mass is 866 g/mol. The topological polar surface area (TPSA) is 286 Å². The van der Waals surface area contributed by atoms with Crippen molar-refractivity contribution in [2.75, 3.05) is 17.2 Å². The van der Waals surface area contributed by atoms with Crippen molar-refractivity contribution in [2.45, 2.75) is 0 Å². The average molecular weight is 867 g/mol. The second kappa shape index (κ2) is 16.0. The van der Waals surface area contributed by atoms with Gasteiger partial charge in [0.15, 0.2) is 17.5 Å². The summed E-state index contributed by atoms with van der Waals surface area (Å²) in [5.74, 6) is 3.10. The molecule has 0 radical (unpaired) electrons. The second-order valence-electron chi connectivity index (χ2n) is 10.5. The molecule has 9 heterocycles. The maximum absolute atomic E-state index is 9.15. The van der Waals surface area contributed by atoms with E-state index in [-0.39, 0.29) is 28.2 Å². The van der Waals surface area contributed by atoms with Gasteiger partial charge in [-0.25, -0.2) is 28.1 Å². The standard InChI is InChI=1S/C11H8N8.C10H8ClN7.C10H8IN7/c12-7-8-9(13)16-11(19-6-2-4-15-19)17-10(8)18-5-1-3-14-18;2*11-7-8(12)15-10(18-6-2-4-14-18)16-9(7)17-5-1-3-13-17/h1-6H,(H2,13,16,17);2*1-6H,(H2,12,15,16). The zero-order chi connectivity index (χ0) is 38.3. The van der Waals surface area contributed by atoms with Crippen molar-refractivity contribution >= 4 is 51.6 Å². The summed E-state index contributed by atoms with van der Waals surface area (Å²) in [6.07, 6.45) is 20.2. The molecule has 0 aliphatic heterocycles. The summed E-state index contributed by atoms with van der Waals surface area (Å²) in [5, 5.41) is 33.8. The molecule has 9 aromatic rings. The van der Waals surface area contributed by atoms with Crippen molar-refractivity contribution in [3.05, 3.63) is 125 Å². The van der Waals surface area contributed by atoms with Crippen molar-refractivity contribution < 1.29 is 0 Å². The van der Waals surface area contributed by atoms with E-state index in [1.54, 1.807) is 114 Å². The Kier molecular flexibility index (Phi) is 10.4. The van der Waals surface area contributed by atoms with E-state index in [1.165, 1.54) is 18.7 Å². The van der Waals surface area contributed by atoms with E-state index < -0.39 is 0 Å². The molecular weight excluding hydrogens is 843 g/mol. The first kappa shape index (κ1) is 35.8. The molecule has 0 fully saturated rings. The predicted molar refractivity (Wildman–Crippen MR) is 205 cm³/mol. The maximum atomic E-state index is 9.15. The van der Waals surface area contributed by atoms with Crippen molar-refractivity contribution in [1.29, 1.82) is 5.26 Å². The Hall–Kier alpha value is -7.59. The SMILES string of the molecule is N#Cc1c(N)nc(-n2cccn2)nc1-n1cccn1.Nc1nc(-n2cccn2)nc(-n2cccn2)c1Cl.Nc1nc(-n2cccn2)nc(-n2cccn2)c1I. The first-order valence-corrected chi connectivity index (χ1v) is 17.0. The number of halogens is 2. The summed E-state index contributed by atoms with van der Waals surface area (Å²) in [7, 11) is 0. The van der Waals surface area contributed by atoms with E-state index in [0.29, 0.717) is 35.2 Å². The predicted octanol–water partition coefficient (Wildman–Crippen LogP) is 2.42. The molecule has 0 aromatic carbocycles. The van der Waals surface area contributed by atoms with Crippen molar-refractivity contribution in [2.24, 2.45) is 0 Å². The highest BCUT2D eigenvalue weighted by atomic mass is 127. The summed E-state index contributed by atoms with van der Waals surface area (Å²) in [4.78, 5) is 25.3. The van der Waals surface area contributed by atoms with Gasteiger partial charge in [0.05, 0.1) is 0 Å². The van der Waals surface area contributed by atoms with E-state index in [0.717, 1.165) is 3.57 Å². The van der Waals surface area contributed by atoms with E-state index in [9.17, 15) is 0 Å². The Morgan fingerprint density at radius 1 is 0.473 bits per heavy atom. The van der Waals surface area contributed by atoms with Crippen LogP contribution in [0.15, 0.2) is 111 Å². The van der Waals surface area contributed by atoms with Crippen LogP contribution in [0.25, 0.3) is 35.3 Å². The molecule has 0 atom stereocenters. The summed E-state index contributed by atoms with van der Waals surface area (Å²) in [6, 6.07) is 12.6. The third-order valence-electron chi connectivity index (χ3n) is 7.01. The summed E-state index contributed by atoms with van der Waals surface area (Å²) in [5.41, 5.74) is 17.6. The third kappa shape index (κ3) is 7.79. The van der Waals surface area contributed by atoms with Gasteiger partial charge in [0.2, 0.25) is 0 Å². The Morgan fingerprint density at radius 2 is 0.818 bits per heavy atom. The summed E-state index contributed by atoms with van der Waals surface area (Å²) >= 11 is 8.18.